The fraction of sp³-hybridized carbons (Fsp3) is 0.294. The molecule has 0 aliphatic carbocycles. The van der Waals surface area contributed by atoms with Crippen molar-refractivity contribution in [2.75, 3.05) is 7.05 Å². The highest BCUT2D eigenvalue weighted by Crippen LogP contribution is 2.27. The second kappa shape index (κ2) is 6.15. The molecule has 0 radical (unpaired) electrons. The number of fused-ring (bicyclic) bond motifs is 1. The molecule has 0 saturated heterocycles. The van der Waals surface area contributed by atoms with Crippen LogP contribution in [0.3, 0.4) is 0 Å². The summed E-state index contributed by atoms with van der Waals surface area (Å²) in [6.07, 6.45) is 2.95. The SMILES string of the molecule is CN=C/C(=C\N)c1oc2c(C(C)N)cc(C)cc2c(=O)c1C. The highest BCUT2D eigenvalue weighted by molar-refractivity contribution is 6.09. The molecule has 0 fully saturated rings. The largest absolute Gasteiger partial charge is 0.455 e. The highest BCUT2D eigenvalue weighted by Gasteiger charge is 2.17. The monoisotopic (exact) mass is 299 g/mol. The Morgan fingerprint density at radius 3 is 2.59 bits per heavy atom. The fourth-order valence-corrected chi connectivity index (χ4v) is 2.50. The van der Waals surface area contributed by atoms with Crippen molar-refractivity contribution in [1.82, 2.24) is 0 Å². The lowest BCUT2D eigenvalue weighted by Gasteiger charge is -2.13. The summed E-state index contributed by atoms with van der Waals surface area (Å²) in [6, 6.07) is 3.52. The zero-order chi connectivity index (χ0) is 16.4. The molecule has 0 spiro atoms. The molecule has 0 amide bonds. The lowest BCUT2D eigenvalue weighted by atomic mass is 9.99. The summed E-state index contributed by atoms with van der Waals surface area (Å²) in [7, 11) is 1.63. The van der Waals surface area contributed by atoms with Crippen LogP contribution in [0.4, 0.5) is 0 Å². The van der Waals surface area contributed by atoms with E-state index in [1.165, 1.54) is 6.20 Å². The third-order valence-corrected chi connectivity index (χ3v) is 3.59. The Bertz CT molecular complexity index is 830. The summed E-state index contributed by atoms with van der Waals surface area (Å²) in [4.78, 5) is 16.6. The van der Waals surface area contributed by atoms with Crippen LogP contribution in [0.5, 0.6) is 0 Å². The summed E-state index contributed by atoms with van der Waals surface area (Å²) in [5.74, 6) is 0.427. The minimum Gasteiger partial charge on any atom is -0.455 e. The molecule has 0 aliphatic heterocycles. The van der Waals surface area contributed by atoms with E-state index in [0.717, 1.165) is 11.1 Å². The molecule has 1 aromatic carbocycles. The van der Waals surface area contributed by atoms with E-state index < -0.39 is 0 Å². The van der Waals surface area contributed by atoms with Crippen LogP contribution in [0.1, 0.15) is 35.4 Å². The van der Waals surface area contributed by atoms with Gasteiger partial charge in [0.2, 0.25) is 0 Å². The molecule has 4 N–H and O–H groups in total. The number of hydrogen-bond donors (Lipinski definition) is 2. The van der Waals surface area contributed by atoms with Crippen LogP contribution in [0.15, 0.2) is 32.5 Å². The average molecular weight is 299 g/mol. The maximum absolute atomic E-state index is 12.7. The minimum atomic E-state index is -0.244. The molecule has 116 valence electrons. The number of benzene rings is 1. The number of nitrogens with zero attached hydrogens (tertiary/aromatic N) is 1. The lowest BCUT2D eigenvalue weighted by molar-refractivity contribution is 0.574. The van der Waals surface area contributed by atoms with Gasteiger partial charge in [-0.05, 0) is 32.4 Å². The highest BCUT2D eigenvalue weighted by atomic mass is 16.3. The molecule has 1 unspecified atom stereocenters. The van der Waals surface area contributed by atoms with Gasteiger partial charge in [0.25, 0.3) is 0 Å². The van der Waals surface area contributed by atoms with E-state index in [1.54, 1.807) is 20.2 Å². The number of hydrogen-bond acceptors (Lipinski definition) is 5. The van der Waals surface area contributed by atoms with E-state index in [4.69, 9.17) is 15.9 Å². The fourth-order valence-electron chi connectivity index (χ4n) is 2.50. The molecule has 0 saturated carbocycles. The topological polar surface area (TPSA) is 94.6 Å². The van der Waals surface area contributed by atoms with Crippen LogP contribution in [0, 0.1) is 13.8 Å². The minimum absolute atomic E-state index is 0.0781. The number of aryl methyl sites for hydroxylation is 1. The van der Waals surface area contributed by atoms with Crippen LogP contribution in [0.25, 0.3) is 16.5 Å². The summed E-state index contributed by atoms with van der Waals surface area (Å²) < 4.78 is 6.01. The molecule has 5 nitrogen and oxygen atoms in total. The van der Waals surface area contributed by atoms with Gasteiger partial charge in [-0.25, -0.2) is 0 Å². The van der Waals surface area contributed by atoms with Crippen molar-refractivity contribution in [3.63, 3.8) is 0 Å². The summed E-state index contributed by atoms with van der Waals surface area (Å²) >= 11 is 0. The Morgan fingerprint density at radius 2 is 2.05 bits per heavy atom. The van der Waals surface area contributed by atoms with Gasteiger partial charge in [-0.3, -0.25) is 9.79 Å². The van der Waals surface area contributed by atoms with Gasteiger partial charge in [0.1, 0.15) is 11.3 Å². The van der Waals surface area contributed by atoms with Gasteiger partial charge in [-0.1, -0.05) is 6.07 Å². The number of nitrogens with two attached hydrogens (primary N) is 2. The Balaban J connectivity index is 2.94. The second-order valence-corrected chi connectivity index (χ2v) is 5.41. The molecule has 2 aromatic rings. The molecule has 1 aromatic heterocycles. The molecule has 1 atom stereocenters. The maximum Gasteiger partial charge on any atom is 0.196 e. The van der Waals surface area contributed by atoms with Crippen molar-refractivity contribution in [2.45, 2.75) is 26.8 Å². The van der Waals surface area contributed by atoms with Gasteiger partial charge in [-0.15, -0.1) is 0 Å². The normalized spacial score (nSPS) is 14.0. The predicted octanol–water partition coefficient (Wildman–Crippen LogP) is 2.43. The van der Waals surface area contributed by atoms with E-state index in [1.807, 2.05) is 26.0 Å². The van der Waals surface area contributed by atoms with Crippen molar-refractivity contribution in [3.8, 4) is 0 Å². The molecule has 0 aliphatic rings. The maximum atomic E-state index is 12.7. The first-order chi connectivity index (χ1) is 10.4. The molecular weight excluding hydrogens is 278 g/mol. The van der Waals surface area contributed by atoms with E-state index in [-0.39, 0.29) is 11.5 Å². The Hall–Kier alpha value is -2.40. The third kappa shape index (κ3) is 2.67. The van der Waals surface area contributed by atoms with Gasteiger partial charge in [0.05, 0.1) is 11.0 Å². The quantitative estimate of drug-likeness (QED) is 0.851. The average Bonchev–Trinajstić information content (AvgIpc) is 2.48. The molecule has 22 heavy (non-hydrogen) atoms. The first kappa shape index (κ1) is 16.0. The van der Waals surface area contributed by atoms with Crippen LogP contribution < -0.4 is 16.9 Å². The Labute approximate surface area is 129 Å². The van der Waals surface area contributed by atoms with Crippen LogP contribution in [0.2, 0.25) is 0 Å². The van der Waals surface area contributed by atoms with Crippen molar-refractivity contribution >= 4 is 22.8 Å². The zero-order valence-corrected chi connectivity index (χ0v) is 13.3. The van der Waals surface area contributed by atoms with Gasteiger partial charge < -0.3 is 15.9 Å². The van der Waals surface area contributed by atoms with Gasteiger partial charge >= 0.3 is 0 Å². The molecular formula is C17H21N3O2. The molecule has 1 heterocycles. The van der Waals surface area contributed by atoms with Crippen LogP contribution in [-0.2, 0) is 0 Å². The van der Waals surface area contributed by atoms with Crippen LogP contribution >= 0.6 is 0 Å². The summed E-state index contributed by atoms with van der Waals surface area (Å²) in [5.41, 5.74) is 14.9. The Morgan fingerprint density at radius 1 is 1.36 bits per heavy atom. The zero-order valence-electron chi connectivity index (χ0n) is 13.3. The van der Waals surface area contributed by atoms with E-state index >= 15 is 0 Å². The molecule has 2 rings (SSSR count). The number of aliphatic imine (C=N–C) groups is 1. The van der Waals surface area contributed by atoms with Gasteiger partial charge in [0.15, 0.2) is 5.43 Å². The van der Waals surface area contributed by atoms with Crippen molar-refractivity contribution in [2.24, 2.45) is 16.5 Å². The van der Waals surface area contributed by atoms with Crippen molar-refractivity contribution in [1.29, 1.82) is 0 Å². The number of rotatable bonds is 3. The first-order valence-electron chi connectivity index (χ1n) is 7.08. The molecule has 5 heteroatoms. The summed E-state index contributed by atoms with van der Waals surface area (Å²) in [6.45, 7) is 5.52. The lowest BCUT2D eigenvalue weighted by Crippen LogP contribution is -2.13. The smallest absolute Gasteiger partial charge is 0.196 e. The Kier molecular flexibility index (Phi) is 4.47. The van der Waals surface area contributed by atoms with Crippen molar-refractivity contribution < 1.29 is 4.42 Å². The third-order valence-electron chi connectivity index (χ3n) is 3.59. The van der Waals surface area contributed by atoms with E-state index in [9.17, 15) is 4.79 Å². The van der Waals surface area contributed by atoms with Gasteiger partial charge in [0, 0.05) is 36.6 Å². The standard InChI is InChI=1S/C17H21N3O2/c1-9-5-13(11(3)19)17-14(6-9)15(21)10(2)16(22-17)12(7-18)8-20-4/h5-8,11H,18-19H2,1-4H3/b12-7+,20-8?. The summed E-state index contributed by atoms with van der Waals surface area (Å²) in [5, 5.41) is 0.540. The van der Waals surface area contributed by atoms with Crippen molar-refractivity contribution in [3.05, 3.63) is 51.0 Å². The van der Waals surface area contributed by atoms with Gasteiger partial charge in [-0.2, -0.15) is 0 Å². The predicted molar refractivity (Wildman–Crippen MR) is 91.1 cm³/mol. The molecule has 0 bridgehead atoms. The second-order valence-electron chi connectivity index (χ2n) is 5.41. The number of allylic oxidation sites excluding steroid dienone is 1. The van der Waals surface area contributed by atoms with E-state index in [0.29, 0.717) is 27.9 Å². The van der Waals surface area contributed by atoms with E-state index in [2.05, 4.69) is 4.99 Å². The van der Waals surface area contributed by atoms with Crippen LogP contribution in [-0.4, -0.2) is 13.3 Å². The first-order valence-corrected chi connectivity index (χ1v) is 7.08.